The van der Waals surface area contributed by atoms with Crippen LogP contribution in [0, 0.1) is 6.92 Å². The number of aromatic nitrogens is 2. The smallest absolute Gasteiger partial charge is 0.151 e. The van der Waals surface area contributed by atoms with Crippen molar-refractivity contribution in [2.24, 2.45) is 0 Å². The van der Waals surface area contributed by atoms with Crippen molar-refractivity contribution in [3.63, 3.8) is 0 Å². The number of nitrogens with zero attached hydrogens (tertiary/aromatic N) is 2. The molecule has 1 aromatic heterocycles. The van der Waals surface area contributed by atoms with E-state index < -0.39 is 9.84 Å². The molecule has 0 aromatic carbocycles. The minimum Gasteiger partial charge on any atom is -0.369 e. The fraction of sp³-hybridized carbons (Fsp3) is 0.667. The first-order valence-electron chi connectivity index (χ1n) is 6.25. The molecule has 5 nitrogen and oxygen atoms in total. The summed E-state index contributed by atoms with van der Waals surface area (Å²) in [4.78, 5) is 8.58. The first-order chi connectivity index (χ1) is 8.76. The lowest BCUT2D eigenvalue weighted by Crippen LogP contribution is -2.18. The van der Waals surface area contributed by atoms with Crippen molar-refractivity contribution in [3.05, 3.63) is 16.5 Å². The Labute approximate surface area is 119 Å². The molecule has 1 N–H and O–H groups in total. The van der Waals surface area contributed by atoms with Gasteiger partial charge in [-0.3, -0.25) is 0 Å². The highest BCUT2D eigenvalue weighted by atomic mass is 35.5. The van der Waals surface area contributed by atoms with Crippen LogP contribution in [0.4, 0.5) is 5.82 Å². The van der Waals surface area contributed by atoms with E-state index in [1.807, 2.05) is 20.8 Å². The Bertz CT molecular complexity index is 544. The van der Waals surface area contributed by atoms with Gasteiger partial charge in [0.25, 0.3) is 0 Å². The number of hydrogen-bond donors (Lipinski definition) is 1. The number of nitrogens with one attached hydrogen (secondary N) is 1. The van der Waals surface area contributed by atoms with Gasteiger partial charge >= 0.3 is 0 Å². The first kappa shape index (κ1) is 16.2. The molecule has 108 valence electrons. The normalized spacial score (nSPS) is 11.9. The van der Waals surface area contributed by atoms with E-state index in [0.29, 0.717) is 23.3 Å². The minimum atomic E-state index is -2.98. The number of halogens is 1. The lowest BCUT2D eigenvalue weighted by Gasteiger charge is -2.12. The minimum absolute atomic E-state index is 0.0849. The van der Waals surface area contributed by atoms with Crippen LogP contribution in [0.15, 0.2) is 0 Å². The van der Waals surface area contributed by atoms with Crippen molar-refractivity contribution in [2.45, 2.75) is 33.6 Å². The third kappa shape index (κ3) is 4.62. The number of sulfone groups is 1. The molecule has 0 saturated carbocycles. The molecule has 0 aliphatic carbocycles. The summed E-state index contributed by atoms with van der Waals surface area (Å²) >= 11 is 6.05. The van der Waals surface area contributed by atoms with Crippen molar-refractivity contribution in [3.8, 4) is 0 Å². The van der Waals surface area contributed by atoms with Crippen molar-refractivity contribution in [1.82, 2.24) is 9.97 Å². The van der Waals surface area contributed by atoms with E-state index in [0.717, 1.165) is 5.56 Å². The Kier molecular flexibility index (Phi) is 5.55. The van der Waals surface area contributed by atoms with Crippen LogP contribution in [0.5, 0.6) is 0 Å². The molecule has 1 rings (SSSR count). The van der Waals surface area contributed by atoms with Crippen LogP contribution < -0.4 is 5.32 Å². The fourth-order valence-corrected chi connectivity index (χ4v) is 2.28. The van der Waals surface area contributed by atoms with Crippen LogP contribution >= 0.6 is 11.6 Å². The Morgan fingerprint density at radius 3 is 2.47 bits per heavy atom. The van der Waals surface area contributed by atoms with Gasteiger partial charge in [0, 0.05) is 23.8 Å². The van der Waals surface area contributed by atoms with Gasteiger partial charge in [-0.1, -0.05) is 32.4 Å². The second-order valence-corrected chi connectivity index (χ2v) is 7.49. The highest BCUT2D eigenvalue weighted by molar-refractivity contribution is 7.91. The summed E-state index contributed by atoms with van der Waals surface area (Å²) in [6, 6.07) is 0. The molecular formula is C12H20ClN3O2S. The SMILES string of the molecule is CCS(=O)(=O)CCNc1nc(C(C)C)nc(Cl)c1C. The third-order valence-corrected chi connectivity index (χ3v) is 4.84. The Morgan fingerprint density at radius 2 is 1.95 bits per heavy atom. The van der Waals surface area contributed by atoms with Gasteiger partial charge < -0.3 is 5.32 Å². The zero-order valence-corrected chi connectivity index (χ0v) is 13.3. The molecule has 0 amide bonds. The van der Waals surface area contributed by atoms with Crippen LogP contribution in [0.25, 0.3) is 0 Å². The molecule has 1 aromatic rings. The lowest BCUT2D eigenvalue weighted by atomic mass is 10.2. The first-order valence-corrected chi connectivity index (χ1v) is 8.45. The predicted octanol–water partition coefficient (Wildman–Crippen LogP) is 2.41. The van der Waals surface area contributed by atoms with Crippen LogP contribution in [0.2, 0.25) is 5.15 Å². The average Bonchev–Trinajstić information content (AvgIpc) is 2.33. The van der Waals surface area contributed by atoms with E-state index in [9.17, 15) is 8.42 Å². The van der Waals surface area contributed by atoms with E-state index in [1.165, 1.54) is 0 Å². The van der Waals surface area contributed by atoms with E-state index in [1.54, 1.807) is 6.92 Å². The zero-order chi connectivity index (χ0) is 14.6. The number of anilines is 1. The number of hydrogen-bond acceptors (Lipinski definition) is 5. The van der Waals surface area contributed by atoms with E-state index in [2.05, 4.69) is 15.3 Å². The van der Waals surface area contributed by atoms with Gasteiger partial charge in [-0.25, -0.2) is 18.4 Å². The molecule has 0 spiro atoms. The molecule has 7 heteroatoms. The van der Waals surface area contributed by atoms with Gasteiger partial charge in [0.1, 0.15) is 16.8 Å². The van der Waals surface area contributed by atoms with Crippen molar-refractivity contribution in [2.75, 3.05) is 23.4 Å². The summed E-state index contributed by atoms with van der Waals surface area (Å²) in [5.41, 5.74) is 0.736. The van der Waals surface area contributed by atoms with Gasteiger partial charge in [0.2, 0.25) is 0 Å². The highest BCUT2D eigenvalue weighted by Crippen LogP contribution is 2.22. The summed E-state index contributed by atoms with van der Waals surface area (Å²) < 4.78 is 22.8. The molecule has 0 aliphatic heterocycles. The quantitative estimate of drug-likeness (QED) is 0.817. The molecular weight excluding hydrogens is 286 g/mol. The summed E-state index contributed by atoms with van der Waals surface area (Å²) in [6.07, 6.45) is 0. The largest absolute Gasteiger partial charge is 0.369 e. The van der Waals surface area contributed by atoms with Gasteiger partial charge in [0.15, 0.2) is 9.84 Å². The lowest BCUT2D eigenvalue weighted by molar-refractivity contribution is 0.597. The highest BCUT2D eigenvalue weighted by Gasteiger charge is 2.13. The summed E-state index contributed by atoms with van der Waals surface area (Å²) in [5.74, 6) is 1.65. The van der Waals surface area contributed by atoms with Crippen molar-refractivity contribution in [1.29, 1.82) is 0 Å². The van der Waals surface area contributed by atoms with Gasteiger partial charge in [0.05, 0.1) is 5.75 Å². The fourth-order valence-electron chi connectivity index (χ4n) is 1.41. The summed E-state index contributed by atoms with van der Waals surface area (Å²) in [5, 5.41) is 3.43. The Morgan fingerprint density at radius 1 is 1.32 bits per heavy atom. The maximum Gasteiger partial charge on any atom is 0.151 e. The third-order valence-electron chi connectivity index (χ3n) is 2.77. The molecule has 0 bridgehead atoms. The number of rotatable bonds is 6. The standard InChI is InChI=1S/C12H20ClN3O2S/c1-5-19(17,18)7-6-14-12-9(4)10(13)15-11(16-12)8(2)3/h8H,5-7H2,1-4H3,(H,14,15,16). The second kappa shape index (κ2) is 6.52. The van der Waals surface area contributed by atoms with Crippen LogP contribution in [0.3, 0.4) is 0 Å². The average molecular weight is 306 g/mol. The van der Waals surface area contributed by atoms with Crippen LogP contribution in [-0.4, -0.2) is 36.4 Å². The summed E-state index contributed by atoms with van der Waals surface area (Å²) in [7, 11) is -2.98. The molecule has 0 saturated heterocycles. The molecule has 1 heterocycles. The molecule has 19 heavy (non-hydrogen) atoms. The van der Waals surface area contributed by atoms with Crippen LogP contribution in [0.1, 0.15) is 38.1 Å². The Hall–Kier alpha value is -0.880. The van der Waals surface area contributed by atoms with Gasteiger partial charge in [-0.15, -0.1) is 0 Å². The Balaban J connectivity index is 2.83. The molecule has 0 fully saturated rings. The van der Waals surface area contributed by atoms with E-state index >= 15 is 0 Å². The maximum atomic E-state index is 11.4. The van der Waals surface area contributed by atoms with E-state index in [-0.39, 0.29) is 17.4 Å². The summed E-state index contributed by atoms with van der Waals surface area (Å²) in [6.45, 7) is 7.72. The molecule has 0 unspecified atom stereocenters. The zero-order valence-electron chi connectivity index (χ0n) is 11.7. The van der Waals surface area contributed by atoms with Crippen molar-refractivity contribution < 1.29 is 8.42 Å². The monoisotopic (exact) mass is 305 g/mol. The van der Waals surface area contributed by atoms with Crippen molar-refractivity contribution >= 4 is 27.3 Å². The maximum absolute atomic E-state index is 11.4. The second-order valence-electron chi connectivity index (χ2n) is 4.66. The van der Waals surface area contributed by atoms with Gasteiger partial charge in [-0.05, 0) is 6.92 Å². The molecule has 0 atom stereocenters. The molecule has 0 radical (unpaired) electrons. The van der Waals surface area contributed by atoms with Crippen LogP contribution in [-0.2, 0) is 9.84 Å². The molecule has 0 aliphatic rings. The van der Waals surface area contributed by atoms with Gasteiger partial charge in [-0.2, -0.15) is 0 Å². The van der Waals surface area contributed by atoms with E-state index in [4.69, 9.17) is 11.6 Å². The predicted molar refractivity (Wildman–Crippen MR) is 78.7 cm³/mol. The topological polar surface area (TPSA) is 72.0 Å².